The molecule has 1 aromatic heterocycles. The van der Waals surface area contributed by atoms with E-state index in [0.29, 0.717) is 0 Å². The SMILES string of the molecule is CC(C)N1CN(C2c3ccccc3CSc3ccccc32)n2cc(CF)c(=O)c(O)c2C1=O. The van der Waals surface area contributed by atoms with Gasteiger partial charge in [-0.05, 0) is 36.6 Å². The van der Waals surface area contributed by atoms with Crippen LogP contribution >= 0.6 is 11.8 Å². The topological polar surface area (TPSA) is 65.8 Å². The van der Waals surface area contributed by atoms with Crippen molar-refractivity contribution in [3.8, 4) is 5.75 Å². The molecule has 3 aromatic rings. The number of pyridine rings is 1. The molecule has 0 radical (unpaired) electrons. The molecule has 1 atom stereocenters. The number of alkyl halides is 1. The minimum Gasteiger partial charge on any atom is -0.502 e. The normalized spacial score (nSPS) is 17.5. The van der Waals surface area contributed by atoms with Crippen LogP contribution in [0.15, 0.2) is 64.4 Å². The van der Waals surface area contributed by atoms with Crippen molar-refractivity contribution >= 4 is 17.7 Å². The molecule has 0 bridgehead atoms. The molecule has 5 rings (SSSR count). The van der Waals surface area contributed by atoms with E-state index in [1.165, 1.54) is 10.9 Å². The molecule has 3 heterocycles. The number of aromatic nitrogens is 1. The molecule has 8 heteroatoms. The summed E-state index contributed by atoms with van der Waals surface area (Å²) in [5.74, 6) is -0.372. The zero-order valence-electron chi connectivity index (χ0n) is 18.4. The van der Waals surface area contributed by atoms with E-state index < -0.39 is 23.8 Å². The van der Waals surface area contributed by atoms with Crippen LogP contribution in [-0.4, -0.2) is 33.3 Å². The molecule has 2 aliphatic heterocycles. The zero-order valence-corrected chi connectivity index (χ0v) is 19.2. The highest BCUT2D eigenvalue weighted by Crippen LogP contribution is 2.43. The molecule has 1 amide bonds. The molecular weight excluding hydrogens is 441 g/mol. The molecule has 0 saturated carbocycles. The van der Waals surface area contributed by atoms with Crippen molar-refractivity contribution in [2.75, 3.05) is 11.7 Å². The largest absolute Gasteiger partial charge is 0.502 e. The first-order valence-electron chi connectivity index (χ1n) is 10.8. The highest BCUT2D eigenvalue weighted by Gasteiger charge is 2.39. The number of thioether (sulfide) groups is 1. The number of carbonyl (C=O) groups is 1. The summed E-state index contributed by atoms with van der Waals surface area (Å²) in [5, 5.41) is 12.7. The van der Waals surface area contributed by atoms with Crippen molar-refractivity contribution in [2.24, 2.45) is 0 Å². The van der Waals surface area contributed by atoms with Crippen molar-refractivity contribution in [2.45, 2.75) is 43.3 Å². The van der Waals surface area contributed by atoms with Gasteiger partial charge in [0, 0.05) is 22.9 Å². The summed E-state index contributed by atoms with van der Waals surface area (Å²) in [4.78, 5) is 28.6. The Bertz CT molecular complexity index is 1260. The van der Waals surface area contributed by atoms with Crippen LogP contribution in [-0.2, 0) is 12.4 Å². The smallest absolute Gasteiger partial charge is 0.278 e. The monoisotopic (exact) mass is 465 g/mol. The van der Waals surface area contributed by atoms with Gasteiger partial charge in [-0.1, -0.05) is 42.5 Å². The highest BCUT2D eigenvalue weighted by atomic mass is 32.2. The van der Waals surface area contributed by atoms with Gasteiger partial charge in [-0.25, -0.2) is 4.39 Å². The Kier molecular flexibility index (Phi) is 5.40. The van der Waals surface area contributed by atoms with Crippen LogP contribution in [0.2, 0.25) is 0 Å². The van der Waals surface area contributed by atoms with Gasteiger partial charge in [0.15, 0.2) is 11.4 Å². The molecule has 1 unspecified atom stereocenters. The van der Waals surface area contributed by atoms with E-state index >= 15 is 0 Å². The van der Waals surface area contributed by atoms with E-state index in [1.54, 1.807) is 16.7 Å². The minimum atomic E-state index is -1.03. The third-order valence-electron chi connectivity index (χ3n) is 6.29. The Hall–Kier alpha value is -3.26. The number of hydrogen-bond donors (Lipinski definition) is 1. The standard InChI is InChI=1S/C25H24FN3O3S/c1-15(2)27-14-29(28-12-17(11-26)23(30)24(31)22(28)25(27)32)21-18-8-4-3-7-16(18)13-33-20-10-6-5-9-19(20)21/h3-10,12,15,21,31H,11,13-14H2,1-2H3. The molecule has 2 aromatic carbocycles. The van der Waals surface area contributed by atoms with Crippen molar-refractivity contribution in [1.82, 2.24) is 9.58 Å². The maximum absolute atomic E-state index is 13.7. The maximum atomic E-state index is 13.7. The summed E-state index contributed by atoms with van der Waals surface area (Å²) < 4.78 is 15.2. The van der Waals surface area contributed by atoms with E-state index in [2.05, 4.69) is 24.3 Å². The van der Waals surface area contributed by atoms with Crippen LogP contribution in [0.25, 0.3) is 0 Å². The Morgan fingerprint density at radius 3 is 2.52 bits per heavy atom. The Morgan fingerprint density at radius 1 is 1.09 bits per heavy atom. The molecule has 0 fully saturated rings. The average Bonchev–Trinajstić information content (AvgIpc) is 2.98. The van der Waals surface area contributed by atoms with Gasteiger partial charge in [-0.15, -0.1) is 11.8 Å². The first kappa shape index (κ1) is 21.6. The second kappa shape index (κ2) is 8.26. The number of nitrogens with zero attached hydrogens (tertiary/aromatic N) is 3. The van der Waals surface area contributed by atoms with Gasteiger partial charge in [0.05, 0.1) is 11.6 Å². The molecule has 170 valence electrons. The molecule has 2 aliphatic rings. The summed E-state index contributed by atoms with van der Waals surface area (Å²) >= 11 is 1.75. The third-order valence-corrected chi connectivity index (χ3v) is 7.43. The second-order valence-electron chi connectivity index (χ2n) is 8.54. The summed E-state index contributed by atoms with van der Waals surface area (Å²) in [6.07, 6.45) is 1.36. The predicted octanol–water partition coefficient (Wildman–Crippen LogP) is 4.18. The van der Waals surface area contributed by atoms with Crippen LogP contribution in [0.4, 0.5) is 4.39 Å². The van der Waals surface area contributed by atoms with E-state index in [4.69, 9.17) is 0 Å². The predicted molar refractivity (Wildman–Crippen MR) is 126 cm³/mol. The number of halogens is 1. The van der Waals surface area contributed by atoms with Gasteiger partial charge < -0.3 is 10.0 Å². The minimum absolute atomic E-state index is 0.135. The lowest BCUT2D eigenvalue weighted by Crippen LogP contribution is -2.57. The maximum Gasteiger partial charge on any atom is 0.278 e. The fourth-order valence-electron chi connectivity index (χ4n) is 4.58. The average molecular weight is 466 g/mol. The van der Waals surface area contributed by atoms with Crippen LogP contribution < -0.4 is 10.4 Å². The van der Waals surface area contributed by atoms with Gasteiger partial charge in [0.1, 0.15) is 13.3 Å². The van der Waals surface area contributed by atoms with E-state index in [0.717, 1.165) is 27.3 Å². The zero-order chi connectivity index (χ0) is 23.3. The number of fused-ring (bicyclic) bond motifs is 3. The third kappa shape index (κ3) is 3.40. The Labute approximate surface area is 195 Å². The summed E-state index contributed by atoms with van der Waals surface area (Å²) in [5.41, 5.74) is 2.12. The number of aromatic hydroxyl groups is 1. The molecule has 1 N–H and O–H groups in total. The van der Waals surface area contributed by atoms with Gasteiger partial charge in [-0.2, -0.15) is 0 Å². The van der Waals surface area contributed by atoms with E-state index in [1.807, 2.05) is 43.1 Å². The molecule has 33 heavy (non-hydrogen) atoms. The summed E-state index contributed by atoms with van der Waals surface area (Å²) in [6.45, 7) is 2.97. The van der Waals surface area contributed by atoms with Crippen molar-refractivity contribution < 1.29 is 14.3 Å². The van der Waals surface area contributed by atoms with Crippen LogP contribution in [0, 0.1) is 0 Å². The van der Waals surface area contributed by atoms with E-state index in [-0.39, 0.29) is 30.0 Å². The lowest BCUT2D eigenvalue weighted by atomic mass is 9.94. The van der Waals surface area contributed by atoms with Gasteiger partial charge >= 0.3 is 0 Å². The number of rotatable bonds is 3. The van der Waals surface area contributed by atoms with E-state index in [9.17, 15) is 19.1 Å². The van der Waals surface area contributed by atoms with Crippen molar-refractivity contribution in [3.05, 3.63) is 92.9 Å². The summed E-state index contributed by atoms with van der Waals surface area (Å²) in [7, 11) is 0. The second-order valence-corrected chi connectivity index (χ2v) is 9.55. The van der Waals surface area contributed by atoms with Crippen LogP contribution in [0.1, 0.15) is 52.6 Å². The van der Waals surface area contributed by atoms with Gasteiger partial charge in [-0.3, -0.25) is 19.3 Å². The first-order chi connectivity index (χ1) is 15.9. The molecule has 0 spiro atoms. The highest BCUT2D eigenvalue weighted by molar-refractivity contribution is 7.98. The lowest BCUT2D eigenvalue weighted by Gasteiger charge is -2.45. The number of benzene rings is 2. The Morgan fingerprint density at radius 2 is 1.79 bits per heavy atom. The number of amides is 1. The molecular formula is C25H24FN3O3S. The number of carbonyl (C=O) groups excluding carboxylic acids is 1. The van der Waals surface area contributed by atoms with Crippen LogP contribution in [0.3, 0.4) is 0 Å². The first-order valence-corrected chi connectivity index (χ1v) is 11.8. The van der Waals surface area contributed by atoms with Crippen LogP contribution in [0.5, 0.6) is 5.75 Å². The summed E-state index contributed by atoms with van der Waals surface area (Å²) in [6, 6.07) is 15.8. The fraction of sp³-hybridized carbons (Fsp3) is 0.280. The molecule has 0 saturated heterocycles. The number of hydrogen-bond acceptors (Lipinski definition) is 5. The van der Waals surface area contributed by atoms with Gasteiger partial charge in [0.25, 0.3) is 5.91 Å². The molecule has 0 aliphatic carbocycles. The van der Waals surface area contributed by atoms with Gasteiger partial charge in [0.2, 0.25) is 5.43 Å². The quantitative estimate of drug-likeness (QED) is 0.629. The van der Waals surface area contributed by atoms with Crippen molar-refractivity contribution in [3.63, 3.8) is 0 Å². The Balaban J connectivity index is 1.82. The fourth-order valence-corrected chi connectivity index (χ4v) is 5.67. The van der Waals surface area contributed by atoms with Crippen molar-refractivity contribution in [1.29, 1.82) is 0 Å². The molecule has 6 nitrogen and oxygen atoms in total. The lowest BCUT2D eigenvalue weighted by molar-refractivity contribution is 0.0620.